The fourth-order valence-electron chi connectivity index (χ4n) is 2.19. The van der Waals surface area contributed by atoms with E-state index in [0.29, 0.717) is 15.8 Å². The number of hydrogen-bond acceptors (Lipinski definition) is 4. The summed E-state index contributed by atoms with van der Waals surface area (Å²) in [7, 11) is 0. The lowest BCUT2D eigenvalue weighted by Crippen LogP contribution is -2.28. The van der Waals surface area contributed by atoms with E-state index in [1.807, 2.05) is 6.92 Å². The molecule has 0 spiro atoms. The van der Waals surface area contributed by atoms with Crippen molar-refractivity contribution in [2.45, 2.75) is 18.7 Å². The second-order valence-corrected chi connectivity index (χ2v) is 7.20. The lowest BCUT2D eigenvalue weighted by molar-refractivity contribution is -0.384. The van der Waals surface area contributed by atoms with Crippen molar-refractivity contribution in [1.29, 1.82) is 0 Å². The van der Waals surface area contributed by atoms with Gasteiger partial charge in [0.1, 0.15) is 0 Å². The van der Waals surface area contributed by atoms with Gasteiger partial charge in [0.15, 0.2) is 0 Å². The van der Waals surface area contributed by atoms with Gasteiger partial charge in [-0.15, -0.1) is 11.8 Å². The highest BCUT2D eigenvalue weighted by atomic mass is 35.5. The standard InChI is InChI=1S/C17H16Cl2N2O3S/c1-11(15-7-4-13(18)8-16(15)19)20-17(22)10-25-9-12-2-5-14(6-3-12)21(23)24/h2-8,11H,9-10H2,1H3,(H,20,22)/t11-/m0/s1. The van der Waals surface area contributed by atoms with Crippen LogP contribution in [-0.4, -0.2) is 16.6 Å². The highest BCUT2D eigenvalue weighted by Crippen LogP contribution is 2.26. The number of halogens is 2. The Hall–Kier alpha value is -1.76. The molecule has 25 heavy (non-hydrogen) atoms. The van der Waals surface area contributed by atoms with Crippen molar-refractivity contribution in [1.82, 2.24) is 5.32 Å². The summed E-state index contributed by atoms with van der Waals surface area (Å²) in [6.07, 6.45) is 0. The van der Waals surface area contributed by atoms with Crippen molar-refractivity contribution in [3.63, 3.8) is 0 Å². The van der Waals surface area contributed by atoms with Crippen molar-refractivity contribution < 1.29 is 9.72 Å². The third-order valence-electron chi connectivity index (χ3n) is 3.46. The van der Waals surface area contributed by atoms with Crippen molar-refractivity contribution in [2.24, 2.45) is 0 Å². The maximum absolute atomic E-state index is 12.0. The second kappa shape index (κ2) is 9.08. The molecule has 0 unspecified atom stereocenters. The number of rotatable bonds is 7. The molecule has 0 aliphatic rings. The van der Waals surface area contributed by atoms with Crippen LogP contribution in [0.15, 0.2) is 42.5 Å². The van der Waals surface area contributed by atoms with Crippen LogP contribution in [0, 0.1) is 10.1 Å². The Morgan fingerprint density at radius 1 is 1.24 bits per heavy atom. The van der Waals surface area contributed by atoms with Crippen LogP contribution in [0.3, 0.4) is 0 Å². The maximum Gasteiger partial charge on any atom is 0.269 e. The number of carbonyl (C=O) groups excluding carboxylic acids is 1. The van der Waals surface area contributed by atoms with Gasteiger partial charge in [-0.1, -0.05) is 41.4 Å². The van der Waals surface area contributed by atoms with Gasteiger partial charge in [0, 0.05) is 27.9 Å². The molecule has 2 rings (SSSR count). The number of amides is 1. The van der Waals surface area contributed by atoms with Crippen LogP contribution < -0.4 is 5.32 Å². The predicted octanol–water partition coefficient (Wildman–Crippen LogP) is 5.01. The summed E-state index contributed by atoms with van der Waals surface area (Å²) in [5.41, 5.74) is 1.79. The van der Waals surface area contributed by atoms with Crippen molar-refractivity contribution >= 4 is 46.6 Å². The molecule has 0 saturated carbocycles. The fourth-order valence-corrected chi connectivity index (χ4v) is 3.56. The van der Waals surface area contributed by atoms with Crippen LogP contribution in [0.25, 0.3) is 0 Å². The van der Waals surface area contributed by atoms with E-state index in [4.69, 9.17) is 23.2 Å². The first kappa shape index (κ1) is 19.6. The molecule has 132 valence electrons. The van der Waals surface area contributed by atoms with E-state index >= 15 is 0 Å². The Labute approximate surface area is 159 Å². The average Bonchev–Trinajstić information content (AvgIpc) is 2.55. The molecule has 0 heterocycles. The second-order valence-electron chi connectivity index (χ2n) is 5.37. The highest BCUT2D eigenvalue weighted by Gasteiger charge is 2.13. The summed E-state index contributed by atoms with van der Waals surface area (Å²) in [4.78, 5) is 22.2. The van der Waals surface area contributed by atoms with E-state index in [-0.39, 0.29) is 23.4 Å². The van der Waals surface area contributed by atoms with Crippen LogP contribution in [0.1, 0.15) is 24.1 Å². The van der Waals surface area contributed by atoms with Crippen molar-refractivity contribution in [3.05, 3.63) is 73.8 Å². The van der Waals surface area contributed by atoms with Crippen LogP contribution >= 0.6 is 35.0 Å². The Morgan fingerprint density at radius 3 is 2.52 bits per heavy atom. The maximum atomic E-state index is 12.0. The van der Waals surface area contributed by atoms with Crippen LogP contribution in [0.2, 0.25) is 10.0 Å². The summed E-state index contributed by atoms with van der Waals surface area (Å²) in [6.45, 7) is 1.86. The number of nitro benzene ring substituents is 1. The summed E-state index contributed by atoms with van der Waals surface area (Å²) in [6, 6.07) is 11.2. The van der Waals surface area contributed by atoms with E-state index < -0.39 is 4.92 Å². The minimum absolute atomic E-state index is 0.0557. The Balaban J connectivity index is 1.81. The number of thioether (sulfide) groups is 1. The Bertz CT molecular complexity index is 769. The van der Waals surface area contributed by atoms with E-state index in [2.05, 4.69) is 5.32 Å². The van der Waals surface area contributed by atoms with Gasteiger partial charge in [-0.3, -0.25) is 14.9 Å². The van der Waals surface area contributed by atoms with E-state index in [1.165, 1.54) is 23.9 Å². The topological polar surface area (TPSA) is 72.2 Å². The van der Waals surface area contributed by atoms with Gasteiger partial charge in [0.05, 0.1) is 16.7 Å². The van der Waals surface area contributed by atoms with Gasteiger partial charge in [-0.25, -0.2) is 0 Å². The largest absolute Gasteiger partial charge is 0.349 e. The molecule has 1 atom stereocenters. The zero-order chi connectivity index (χ0) is 18.4. The van der Waals surface area contributed by atoms with Crippen LogP contribution in [-0.2, 0) is 10.5 Å². The van der Waals surface area contributed by atoms with E-state index in [1.54, 1.807) is 30.3 Å². The Morgan fingerprint density at radius 2 is 1.92 bits per heavy atom. The van der Waals surface area contributed by atoms with Gasteiger partial charge >= 0.3 is 0 Å². The van der Waals surface area contributed by atoms with Gasteiger partial charge in [0.2, 0.25) is 5.91 Å². The zero-order valence-electron chi connectivity index (χ0n) is 13.4. The molecule has 1 N–H and O–H groups in total. The SMILES string of the molecule is C[C@H](NC(=O)CSCc1ccc([N+](=O)[O-])cc1)c1ccc(Cl)cc1Cl. The smallest absolute Gasteiger partial charge is 0.269 e. The van der Waals surface area contributed by atoms with Crippen LogP contribution in [0.5, 0.6) is 0 Å². The summed E-state index contributed by atoms with van der Waals surface area (Å²) >= 11 is 13.4. The lowest BCUT2D eigenvalue weighted by Gasteiger charge is -2.16. The normalized spacial score (nSPS) is 11.8. The van der Waals surface area contributed by atoms with Gasteiger partial charge in [-0.05, 0) is 30.2 Å². The Kier molecular flexibility index (Phi) is 7.11. The molecule has 2 aromatic carbocycles. The van der Waals surface area contributed by atoms with Crippen LogP contribution in [0.4, 0.5) is 5.69 Å². The molecule has 0 aromatic heterocycles. The molecule has 0 aliphatic heterocycles. The molecule has 8 heteroatoms. The average molecular weight is 399 g/mol. The number of carbonyl (C=O) groups is 1. The minimum Gasteiger partial charge on any atom is -0.349 e. The monoisotopic (exact) mass is 398 g/mol. The molecule has 1 amide bonds. The summed E-state index contributed by atoms with van der Waals surface area (Å²) in [5.74, 6) is 0.777. The molecule has 0 radical (unpaired) electrons. The quantitative estimate of drug-likeness (QED) is 0.525. The number of nitro groups is 1. The first-order chi connectivity index (χ1) is 11.9. The molecule has 0 fully saturated rings. The fraction of sp³-hybridized carbons (Fsp3) is 0.235. The van der Waals surface area contributed by atoms with Gasteiger partial charge in [-0.2, -0.15) is 0 Å². The number of non-ortho nitro benzene ring substituents is 1. The zero-order valence-corrected chi connectivity index (χ0v) is 15.7. The highest BCUT2D eigenvalue weighted by molar-refractivity contribution is 7.99. The minimum atomic E-state index is -0.437. The molecule has 0 aliphatic carbocycles. The molecule has 0 bridgehead atoms. The number of hydrogen-bond donors (Lipinski definition) is 1. The van der Waals surface area contributed by atoms with Crippen molar-refractivity contribution in [3.8, 4) is 0 Å². The molecular formula is C17H16Cl2N2O3S. The third-order valence-corrected chi connectivity index (χ3v) is 5.02. The first-order valence-corrected chi connectivity index (χ1v) is 9.33. The number of benzene rings is 2. The molecule has 2 aromatic rings. The predicted molar refractivity (Wildman–Crippen MR) is 102 cm³/mol. The molecule has 5 nitrogen and oxygen atoms in total. The molecular weight excluding hydrogens is 383 g/mol. The lowest BCUT2D eigenvalue weighted by atomic mass is 10.1. The molecule has 0 saturated heterocycles. The summed E-state index contributed by atoms with van der Waals surface area (Å²) < 4.78 is 0. The number of nitrogens with one attached hydrogen (secondary N) is 1. The number of nitrogens with zero attached hydrogens (tertiary/aromatic N) is 1. The van der Waals surface area contributed by atoms with E-state index in [0.717, 1.165) is 11.1 Å². The third kappa shape index (κ3) is 5.92. The summed E-state index contributed by atoms with van der Waals surface area (Å²) in [5, 5.41) is 14.6. The first-order valence-electron chi connectivity index (χ1n) is 7.42. The van der Waals surface area contributed by atoms with E-state index in [9.17, 15) is 14.9 Å². The van der Waals surface area contributed by atoms with Gasteiger partial charge < -0.3 is 5.32 Å². The van der Waals surface area contributed by atoms with Gasteiger partial charge in [0.25, 0.3) is 5.69 Å². The van der Waals surface area contributed by atoms with Crippen molar-refractivity contribution in [2.75, 3.05) is 5.75 Å².